The molecule has 0 bridgehead atoms. The molecule has 4 atom stereocenters. The van der Waals surface area contributed by atoms with Crippen LogP contribution in [-0.4, -0.2) is 102 Å². The van der Waals surface area contributed by atoms with Crippen LogP contribution >= 0.6 is 34.9 Å². The number of thiazole rings is 1. The van der Waals surface area contributed by atoms with E-state index in [1.807, 2.05) is 6.92 Å². The number of carbonyl (C=O) groups is 4. The Morgan fingerprint density at radius 1 is 1.33 bits per heavy atom. The second kappa shape index (κ2) is 13.0. The molecule has 0 spiro atoms. The number of nitrogens with zero attached hydrogens (tertiary/aromatic N) is 5. The van der Waals surface area contributed by atoms with E-state index in [1.54, 1.807) is 11.0 Å². The number of thioether (sulfide) groups is 2. The number of aliphatic carboxylic acids is 2. The first-order chi connectivity index (χ1) is 19.9. The highest BCUT2D eigenvalue weighted by atomic mass is 32.2. The Labute approximate surface area is 252 Å². The summed E-state index contributed by atoms with van der Waals surface area (Å²) >= 11 is 3.61. The topological polar surface area (TPSA) is 252 Å². The Hall–Kier alpha value is -3.81. The average molecular weight is 640 g/mol. The third kappa shape index (κ3) is 6.63. The third-order valence-electron chi connectivity index (χ3n) is 6.23. The first-order valence-corrected chi connectivity index (χ1v) is 15.4. The first kappa shape index (κ1) is 31.1. The average Bonchev–Trinajstić information content (AvgIpc) is 3.35. The molecule has 4 rings (SSSR count). The van der Waals surface area contributed by atoms with Gasteiger partial charge in [0.2, 0.25) is 0 Å². The van der Waals surface area contributed by atoms with E-state index in [4.69, 9.17) is 27.1 Å². The second-order valence-electron chi connectivity index (χ2n) is 9.18. The maximum atomic E-state index is 13.2. The summed E-state index contributed by atoms with van der Waals surface area (Å²) < 4.78 is 0. The number of aliphatic imine (C=N–C) groups is 1. The molecule has 0 aliphatic carbocycles. The number of carboxylic acid groups (broad SMARTS) is 2. The molecule has 0 saturated carbocycles. The van der Waals surface area contributed by atoms with Gasteiger partial charge in [-0.3, -0.25) is 19.3 Å². The molecule has 226 valence electrons. The van der Waals surface area contributed by atoms with Crippen LogP contribution in [0.15, 0.2) is 37.9 Å². The van der Waals surface area contributed by atoms with E-state index in [-0.39, 0.29) is 46.1 Å². The maximum absolute atomic E-state index is 13.2. The zero-order valence-corrected chi connectivity index (χ0v) is 24.9. The van der Waals surface area contributed by atoms with E-state index in [1.165, 1.54) is 35.8 Å². The van der Waals surface area contributed by atoms with Gasteiger partial charge in [-0.15, -0.1) is 34.9 Å². The Balaban J connectivity index is 1.47. The van der Waals surface area contributed by atoms with Crippen LogP contribution in [-0.2, 0) is 24.0 Å². The molecule has 0 radical (unpaired) electrons. The van der Waals surface area contributed by atoms with Crippen molar-refractivity contribution in [1.82, 2.24) is 20.1 Å². The molecule has 42 heavy (non-hydrogen) atoms. The number of amides is 2. The number of nitrogens with two attached hydrogens (primary N) is 3. The van der Waals surface area contributed by atoms with E-state index < -0.39 is 47.4 Å². The van der Waals surface area contributed by atoms with E-state index in [0.717, 1.165) is 16.2 Å². The number of guanidine groups is 1. The molecule has 2 unspecified atom stereocenters. The molecule has 4 heterocycles. The summed E-state index contributed by atoms with van der Waals surface area (Å²) in [7, 11) is 0. The summed E-state index contributed by atoms with van der Waals surface area (Å²) in [4.78, 5) is 65.9. The number of carbonyl (C=O) groups excluding carboxylic acids is 2. The molecule has 1 aromatic rings. The molecule has 1 aromatic heterocycles. The lowest BCUT2D eigenvalue weighted by Gasteiger charge is -2.49. The normalized spacial score (nSPS) is 23.0. The van der Waals surface area contributed by atoms with Crippen molar-refractivity contribution in [2.75, 3.05) is 23.8 Å². The lowest BCUT2D eigenvalue weighted by Crippen LogP contribution is -2.71. The quantitative estimate of drug-likeness (QED) is 0.0963. The van der Waals surface area contributed by atoms with Gasteiger partial charge < -0.3 is 42.5 Å². The number of nitrogen functional groups attached to an aromatic ring is 1. The van der Waals surface area contributed by atoms with Crippen LogP contribution in [0.2, 0.25) is 0 Å². The minimum atomic E-state index is -1.27. The second-order valence-corrected chi connectivity index (χ2v) is 12.2. The third-order valence-corrected chi connectivity index (χ3v) is 9.26. The summed E-state index contributed by atoms with van der Waals surface area (Å²) in [5.41, 5.74) is 17.9. The number of hydrogen-bond donors (Lipinski definition) is 6. The van der Waals surface area contributed by atoms with E-state index in [2.05, 4.69) is 20.4 Å². The molecular weight excluding hydrogens is 611 g/mol. The Bertz CT molecular complexity index is 1410. The number of hydrogen-bond acceptors (Lipinski definition) is 15. The molecule has 19 heteroatoms. The molecular formula is C23H29N9O7S3. The van der Waals surface area contributed by atoms with Crippen LogP contribution in [0.5, 0.6) is 0 Å². The smallest absolute Gasteiger partial charge is 0.352 e. The number of aromatic nitrogens is 1. The van der Waals surface area contributed by atoms with E-state index in [9.17, 15) is 24.3 Å². The Kier molecular flexibility index (Phi) is 9.64. The van der Waals surface area contributed by atoms with Crippen molar-refractivity contribution in [2.45, 2.75) is 44.0 Å². The van der Waals surface area contributed by atoms with Gasteiger partial charge in [-0.1, -0.05) is 5.16 Å². The molecule has 0 aromatic carbocycles. The minimum Gasteiger partial charge on any atom is -0.481 e. The zero-order chi connectivity index (χ0) is 30.7. The summed E-state index contributed by atoms with van der Waals surface area (Å²) in [6.07, 6.45) is 0.0437. The van der Waals surface area contributed by atoms with E-state index >= 15 is 0 Å². The van der Waals surface area contributed by atoms with E-state index in [0.29, 0.717) is 17.1 Å². The van der Waals surface area contributed by atoms with Gasteiger partial charge in [0.1, 0.15) is 35.1 Å². The number of oxime groups is 1. The zero-order valence-electron chi connectivity index (χ0n) is 22.4. The molecule has 1 saturated heterocycles. The number of fused-ring (bicyclic) bond motifs is 1. The summed E-state index contributed by atoms with van der Waals surface area (Å²) in [6, 6.07) is -1.05. The molecule has 9 N–H and O–H groups in total. The SMILES string of the molecule is CCN1C(N)=NC(SCC2=C(C(=O)O)N3C(=O)[C@@H](NC(=O)/C(=N\OC(C)CC(=O)O)c4csc(N)n4)[C@H]3SC2)=CC1N. The monoisotopic (exact) mass is 639 g/mol. The van der Waals surface area contributed by atoms with Gasteiger partial charge in [0.25, 0.3) is 11.8 Å². The van der Waals surface area contributed by atoms with Gasteiger partial charge in [0.05, 0.1) is 11.4 Å². The molecule has 16 nitrogen and oxygen atoms in total. The fraction of sp³-hybridized carbons (Fsp3) is 0.435. The predicted octanol–water partition coefficient (Wildman–Crippen LogP) is -0.443. The minimum absolute atomic E-state index is 0.0740. The van der Waals surface area contributed by atoms with Crippen LogP contribution < -0.4 is 22.5 Å². The van der Waals surface area contributed by atoms with Gasteiger partial charge in [0.15, 0.2) is 16.8 Å². The highest BCUT2D eigenvalue weighted by Gasteiger charge is 2.54. The molecule has 2 amide bonds. The molecule has 3 aliphatic heterocycles. The maximum Gasteiger partial charge on any atom is 0.352 e. The number of carboxylic acids is 2. The molecule has 1 fully saturated rings. The highest BCUT2D eigenvalue weighted by Crippen LogP contribution is 2.41. The molecule has 3 aliphatic rings. The standard InChI is InChI=1S/C23H29N9O7S3/c1-3-31-12(24)5-13(28-22(31)25)40-6-10-7-41-20-16(19(36)32(20)17(10)21(37)38)29-18(35)15(11-8-42-23(26)27-11)30-39-9(2)4-14(33)34/h5,8-9,12,16,20H,3-4,6-7,24H2,1-2H3,(H2,25,28)(H2,26,27)(H,29,35)(H,33,34)(H,37,38)/b30-15-/t9?,12?,16-,20-/m1/s1. The summed E-state index contributed by atoms with van der Waals surface area (Å²) in [5, 5.41) is 26.8. The van der Waals surface area contributed by atoms with Crippen LogP contribution in [0.4, 0.5) is 5.13 Å². The van der Waals surface area contributed by atoms with Gasteiger partial charge in [-0.05, 0) is 25.5 Å². The van der Waals surface area contributed by atoms with Crippen LogP contribution in [0.3, 0.4) is 0 Å². The van der Waals surface area contributed by atoms with Crippen LogP contribution in [0.25, 0.3) is 0 Å². The van der Waals surface area contributed by atoms with Gasteiger partial charge >= 0.3 is 11.9 Å². The highest BCUT2D eigenvalue weighted by molar-refractivity contribution is 8.03. The largest absolute Gasteiger partial charge is 0.481 e. The lowest BCUT2D eigenvalue weighted by molar-refractivity contribution is -0.150. The van der Waals surface area contributed by atoms with Crippen molar-refractivity contribution in [2.24, 2.45) is 21.6 Å². The van der Waals surface area contributed by atoms with Crippen molar-refractivity contribution in [3.8, 4) is 0 Å². The van der Waals surface area contributed by atoms with Crippen molar-refractivity contribution >= 4 is 75.4 Å². The Morgan fingerprint density at radius 2 is 2.07 bits per heavy atom. The number of likely N-dealkylation sites (N-methyl/N-ethyl adjacent to an activating group) is 1. The number of anilines is 1. The fourth-order valence-electron chi connectivity index (χ4n) is 4.25. The van der Waals surface area contributed by atoms with Crippen molar-refractivity contribution in [1.29, 1.82) is 0 Å². The first-order valence-electron chi connectivity index (χ1n) is 12.5. The van der Waals surface area contributed by atoms with Gasteiger partial charge in [-0.2, -0.15) is 0 Å². The van der Waals surface area contributed by atoms with Crippen LogP contribution in [0, 0.1) is 0 Å². The van der Waals surface area contributed by atoms with Gasteiger partial charge in [0, 0.05) is 23.4 Å². The van der Waals surface area contributed by atoms with Crippen molar-refractivity contribution < 1.29 is 34.2 Å². The van der Waals surface area contributed by atoms with Crippen molar-refractivity contribution in [3.63, 3.8) is 0 Å². The Morgan fingerprint density at radius 3 is 2.67 bits per heavy atom. The lowest BCUT2D eigenvalue weighted by atomic mass is 10.0. The summed E-state index contributed by atoms with van der Waals surface area (Å²) in [6.45, 7) is 3.94. The van der Waals surface area contributed by atoms with Gasteiger partial charge in [-0.25, -0.2) is 14.8 Å². The summed E-state index contributed by atoms with van der Waals surface area (Å²) in [5.74, 6) is -3.04. The number of β-lactam (4-membered cyclic amide) rings is 1. The van der Waals surface area contributed by atoms with Crippen LogP contribution in [0.1, 0.15) is 26.0 Å². The van der Waals surface area contributed by atoms with Crippen molar-refractivity contribution in [3.05, 3.63) is 33.4 Å². The number of rotatable bonds is 12. The number of nitrogens with one attached hydrogen (secondary N) is 1. The predicted molar refractivity (Wildman–Crippen MR) is 158 cm³/mol. The fourth-order valence-corrected chi connectivity index (χ4v) is 7.23.